The summed E-state index contributed by atoms with van der Waals surface area (Å²) in [5, 5.41) is 4.69. The fraction of sp³-hybridized carbons (Fsp3) is 0.237. The molecule has 0 fully saturated rings. The third-order valence-electron chi connectivity index (χ3n) is 6.43. The van der Waals surface area contributed by atoms with E-state index < -0.39 is 0 Å². The van der Waals surface area contributed by atoms with Gasteiger partial charge in [0.15, 0.2) is 0 Å². The predicted molar refractivity (Wildman–Crippen MR) is 173 cm³/mol. The summed E-state index contributed by atoms with van der Waals surface area (Å²) in [5.41, 5.74) is 32.0. The molecule has 0 saturated carbocycles. The van der Waals surface area contributed by atoms with Gasteiger partial charge >= 0.3 is 0 Å². The highest BCUT2D eigenvalue weighted by molar-refractivity contribution is 6.36. The lowest BCUT2D eigenvalue weighted by Crippen LogP contribution is -2.28. The minimum absolute atomic E-state index is 0.0589. The Hall–Kier alpha value is -5.11. The van der Waals surface area contributed by atoms with Crippen LogP contribution in [0.15, 0.2) is 125 Å². The van der Waals surface area contributed by atoms with Crippen molar-refractivity contribution in [1.82, 2.24) is 15.2 Å². The van der Waals surface area contributed by atoms with Crippen LogP contribution in [0.4, 0.5) is 0 Å². The molecule has 1 aliphatic rings. The van der Waals surface area contributed by atoms with E-state index in [1.165, 1.54) is 12.0 Å². The van der Waals surface area contributed by atoms with Gasteiger partial charge in [0.05, 0.1) is 10.5 Å². The number of rotatable bonds is 7. The van der Waals surface area contributed by atoms with E-state index in [4.69, 9.17) is 16.6 Å². The largest absolute Gasteiger partial charge is 0.352 e. The highest BCUT2D eigenvalue weighted by Gasteiger charge is 2.18. The number of pyridine rings is 1. The molecule has 1 aliphatic carbocycles. The van der Waals surface area contributed by atoms with E-state index in [1.54, 1.807) is 0 Å². The second kappa shape index (κ2) is 18.3. The van der Waals surface area contributed by atoms with Crippen molar-refractivity contribution in [2.45, 2.75) is 38.6 Å². The van der Waals surface area contributed by atoms with Gasteiger partial charge in [-0.05, 0) is 140 Å². The lowest BCUT2D eigenvalue weighted by Gasteiger charge is -2.18. The molecule has 3 aromatic rings. The van der Waals surface area contributed by atoms with E-state index in [2.05, 4.69) is 118 Å². The molecule has 43 heavy (non-hydrogen) atoms. The summed E-state index contributed by atoms with van der Waals surface area (Å²) in [4.78, 5) is 19.7. The van der Waals surface area contributed by atoms with Crippen LogP contribution in [0.2, 0.25) is 5.02 Å². The molecule has 1 aromatic heterocycles. The number of nitrogens with one attached hydrogen (secondary N) is 1. The number of hydrogen-bond acceptors (Lipinski definition) is 3. The molecule has 5 heteroatoms. The summed E-state index contributed by atoms with van der Waals surface area (Å²) < 4.78 is 0. The average molecular weight is 582 g/mol. The number of fused-ring (bicyclic) bond motifs is 2. The number of nitrogens with zero attached hydrogens (tertiary/aromatic N) is 2. The Labute approximate surface area is 258 Å². The Kier molecular flexibility index (Phi) is 13.8. The Morgan fingerprint density at radius 2 is 1.53 bits per heavy atom. The molecule has 0 aliphatic heterocycles. The second-order valence-corrected chi connectivity index (χ2v) is 9.98. The molecule has 0 saturated heterocycles. The van der Waals surface area contributed by atoms with Crippen LogP contribution in [0.25, 0.3) is 10.9 Å². The van der Waals surface area contributed by atoms with Gasteiger partial charge in [0.25, 0.3) is 5.91 Å². The van der Waals surface area contributed by atoms with Gasteiger partial charge in [-0.3, -0.25) is 9.78 Å². The van der Waals surface area contributed by atoms with Crippen LogP contribution >= 0.6 is 11.6 Å². The van der Waals surface area contributed by atoms with Crippen molar-refractivity contribution in [3.8, 4) is 0 Å². The summed E-state index contributed by atoms with van der Waals surface area (Å²) in [7, 11) is 2.10. The van der Waals surface area contributed by atoms with Gasteiger partial charge in [-0.1, -0.05) is 53.4 Å². The van der Waals surface area contributed by atoms with Crippen molar-refractivity contribution in [1.29, 1.82) is 0 Å². The van der Waals surface area contributed by atoms with E-state index in [0.717, 1.165) is 66.0 Å². The number of halogens is 1. The number of carbonyl (C=O) groups is 1. The Bertz CT molecular complexity index is 1820. The van der Waals surface area contributed by atoms with Gasteiger partial charge in [0.1, 0.15) is 0 Å². The van der Waals surface area contributed by atoms with Crippen molar-refractivity contribution >= 4 is 28.4 Å². The summed E-state index contributed by atoms with van der Waals surface area (Å²) in [6.07, 6.45) is 5.19. The highest BCUT2D eigenvalue weighted by atomic mass is 35.5. The van der Waals surface area contributed by atoms with E-state index in [1.807, 2.05) is 24.3 Å². The van der Waals surface area contributed by atoms with Crippen molar-refractivity contribution < 1.29 is 4.79 Å². The van der Waals surface area contributed by atoms with E-state index in [9.17, 15) is 4.79 Å². The number of aryl methyl sites for hydroxylation is 1. The summed E-state index contributed by atoms with van der Waals surface area (Å²) in [6.45, 7) is 9.05. The van der Waals surface area contributed by atoms with Crippen LogP contribution in [0.3, 0.4) is 0 Å². The maximum atomic E-state index is 12.6. The average Bonchev–Trinajstić information content (AvgIpc) is 3.03. The van der Waals surface area contributed by atoms with E-state index in [0.29, 0.717) is 12.1 Å². The van der Waals surface area contributed by atoms with Crippen molar-refractivity contribution in [2.24, 2.45) is 0 Å². The molecule has 0 radical (unpaired) electrons. The van der Waals surface area contributed by atoms with Gasteiger partial charge in [-0.2, -0.15) is 0 Å². The zero-order chi connectivity index (χ0) is 30.7. The number of amides is 1. The number of benzene rings is 2. The fourth-order valence-corrected chi connectivity index (χ4v) is 4.80. The molecule has 4 rings (SSSR count). The first-order valence-electron chi connectivity index (χ1n) is 13.9. The van der Waals surface area contributed by atoms with Crippen molar-refractivity contribution in [3.05, 3.63) is 152 Å². The minimum Gasteiger partial charge on any atom is -0.352 e. The third kappa shape index (κ3) is 11.0. The molecule has 0 spiro atoms. The topological polar surface area (TPSA) is 45.2 Å². The van der Waals surface area contributed by atoms with E-state index in [-0.39, 0.29) is 5.91 Å². The molecule has 4 nitrogen and oxygen atoms in total. The van der Waals surface area contributed by atoms with Gasteiger partial charge < -0.3 is 10.2 Å². The quantitative estimate of drug-likeness (QED) is 0.232. The fourth-order valence-electron chi connectivity index (χ4n) is 4.44. The first-order valence-corrected chi connectivity index (χ1v) is 14.3. The molecule has 212 valence electrons. The van der Waals surface area contributed by atoms with Crippen molar-refractivity contribution in [3.63, 3.8) is 0 Å². The first-order chi connectivity index (χ1) is 21.0. The zero-order valence-corrected chi connectivity index (χ0v) is 25.1. The molecule has 1 amide bonds. The molecule has 1 N–H and O–H groups in total. The summed E-state index contributed by atoms with van der Waals surface area (Å²) >= 11 is 6.69. The third-order valence-corrected chi connectivity index (χ3v) is 6.86. The first kappa shape index (κ1) is 32.4. The summed E-state index contributed by atoms with van der Waals surface area (Å²) in [5.74, 6) is -0.0589. The maximum absolute atomic E-state index is 12.6. The monoisotopic (exact) mass is 581 g/mol. The lowest BCUT2D eigenvalue weighted by molar-refractivity contribution is 0.0952. The Morgan fingerprint density at radius 1 is 0.907 bits per heavy atom. The lowest BCUT2D eigenvalue weighted by atomic mass is 9.94. The number of aromatic nitrogens is 1. The smallest absolute Gasteiger partial charge is 0.251 e. The molecule has 2 aromatic carbocycles. The molecule has 0 atom stereocenters. The standard InChI is InChI=1S/C25H28ClN3O.C13H4/c1-29(17-18-8-3-2-4-9-18)15-7-14-27-25(30)19-12-13-23-21(16-19)24(26)20-10-5-6-11-22(20)28-23;1-3-5-7-9-11-13-12-10-8-6-4-2/h2-4,8-9,12-13,16H,5-7,10-11,14-15,17H2,1H3,(H,27,30);1-2H2. The van der Waals surface area contributed by atoms with Crippen LogP contribution in [0.1, 0.15) is 46.4 Å². The highest BCUT2D eigenvalue weighted by Crippen LogP contribution is 2.33. The normalized spacial score (nSPS) is 10.5. The van der Waals surface area contributed by atoms with Crippen LogP contribution < -0.4 is 5.32 Å². The van der Waals surface area contributed by atoms with Gasteiger partial charge in [-0.25, -0.2) is 0 Å². The molecule has 0 unspecified atom stereocenters. The van der Waals surface area contributed by atoms with Crippen LogP contribution in [0.5, 0.6) is 0 Å². The van der Waals surface area contributed by atoms with Gasteiger partial charge in [0.2, 0.25) is 0 Å². The van der Waals surface area contributed by atoms with Gasteiger partial charge in [0, 0.05) is 29.7 Å². The van der Waals surface area contributed by atoms with Crippen LogP contribution in [0, 0.1) is 0 Å². The Balaban J connectivity index is 0.000000331. The van der Waals surface area contributed by atoms with Gasteiger partial charge in [-0.15, -0.1) is 0 Å². The number of hydrogen-bond donors (Lipinski definition) is 1. The molecular formula is C38H32ClN3O. The SMILES string of the molecule is C=C=C=C=C=C=C=C=C=C=C=C=C.CN(CCCNC(=O)c1ccc2nc3c(c(Cl)c2c1)CCCC3)Cc1ccccc1. The number of carbonyl (C=O) groups excluding carboxylic acids is 1. The van der Waals surface area contributed by atoms with Crippen LogP contribution in [-0.2, 0) is 19.4 Å². The summed E-state index contributed by atoms with van der Waals surface area (Å²) in [6, 6.07) is 16.1. The van der Waals surface area contributed by atoms with E-state index >= 15 is 0 Å². The minimum atomic E-state index is -0.0589. The molecular weight excluding hydrogens is 550 g/mol. The van der Waals surface area contributed by atoms with Crippen molar-refractivity contribution in [2.75, 3.05) is 20.1 Å². The Morgan fingerprint density at radius 3 is 2.19 bits per heavy atom. The van der Waals surface area contributed by atoms with Crippen LogP contribution in [-0.4, -0.2) is 35.9 Å². The zero-order valence-electron chi connectivity index (χ0n) is 24.4. The molecule has 1 heterocycles. The second-order valence-electron chi connectivity index (χ2n) is 9.60. The predicted octanol–water partition coefficient (Wildman–Crippen LogP) is 7.53. The molecule has 0 bridgehead atoms. The maximum Gasteiger partial charge on any atom is 0.251 e.